The molecule has 1 aliphatic carbocycles. The van der Waals surface area contributed by atoms with E-state index in [9.17, 15) is 9.90 Å². The van der Waals surface area contributed by atoms with Crippen molar-refractivity contribution in [2.45, 2.75) is 44.4 Å². The van der Waals surface area contributed by atoms with Crippen LogP contribution in [0, 0.1) is 5.92 Å². The number of aliphatic hydroxyl groups excluding tert-OH is 1. The maximum atomic E-state index is 12.1. The minimum absolute atomic E-state index is 0.193. The number of pyridine rings is 1. The maximum absolute atomic E-state index is 12.1. The molecule has 1 aromatic heterocycles. The second kappa shape index (κ2) is 10.9. The van der Waals surface area contributed by atoms with Gasteiger partial charge in [-0.1, -0.05) is 73.2 Å². The summed E-state index contributed by atoms with van der Waals surface area (Å²) in [6.07, 6.45) is 3.92. The summed E-state index contributed by atoms with van der Waals surface area (Å²) in [6, 6.07) is 28.0. The van der Waals surface area contributed by atoms with Crippen molar-refractivity contribution in [2.75, 3.05) is 6.54 Å². The number of nitrogens with one attached hydrogen (secondary N) is 2. The van der Waals surface area contributed by atoms with Crippen LogP contribution in [0.4, 0.5) is 0 Å². The molecule has 5 rings (SSSR count). The molecule has 3 atom stereocenters. The van der Waals surface area contributed by atoms with E-state index in [4.69, 9.17) is 4.74 Å². The molecule has 0 radical (unpaired) electrons. The maximum Gasteiger partial charge on any atom is 0.248 e. The van der Waals surface area contributed by atoms with Gasteiger partial charge in [-0.05, 0) is 54.0 Å². The third-order valence-corrected chi connectivity index (χ3v) is 7.06. The average molecular weight is 469 g/mol. The van der Waals surface area contributed by atoms with E-state index in [1.807, 2.05) is 42.5 Å². The summed E-state index contributed by atoms with van der Waals surface area (Å²) in [4.78, 5) is 15.0. The summed E-state index contributed by atoms with van der Waals surface area (Å²) in [5, 5.41) is 15.6. The van der Waals surface area contributed by atoms with Crippen LogP contribution in [-0.2, 0) is 13.0 Å². The number of hydrogen-bond acceptors (Lipinski definition) is 4. The Bertz CT molecular complexity index is 1300. The number of rotatable bonds is 9. The summed E-state index contributed by atoms with van der Waals surface area (Å²) in [5.41, 5.74) is 3.63. The van der Waals surface area contributed by atoms with Crippen LogP contribution in [0.5, 0.6) is 5.75 Å². The van der Waals surface area contributed by atoms with Crippen molar-refractivity contribution in [3.63, 3.8) is 0 Å². The topological polar surface area (TPSA) is 74.3 Å². The zero-order valence-corrected chi connectivity index (χ0v) is 19.8. The van der Waals surface area contributed by atoms with Crippen molar-refractivity contribution in [3.05, 3.63) is 112 Å². The van der Waals surface area contributed by atoms with Gasteiger partial charge in [0, 0.05) is 24.0 Å². The number of fused-ring (bicyclic) bond motifs is 1. The molecule has 0 bridgehead atoms. The molecule has 1 heterocycles. The quantitative estimate of drug-likeness (QED) is 0.318. The highest BCUT2D eigenvalue weighted by molar-refractivity contribution is 5.87. The van der Waals surface area contributed by atoms with Crippen molar-refractivity contribution in [1.29, 1.82) is 0 Å². The molecule has 4 aromatic rings. The Kier molecular flexibility index (Phi) is 7.26. The minimum atomic E-state index is -0.690. The fourth-order valence-corrected chi connectivity index (χ4v) is 5.23. The van der Waals surface area contributed by atoms with Gasteiger partial charge < -0.3 is 20.1 Å². The predicted molar refractivity (Wildman–Crippen MR) is 140 cm³/mol. The average Bonchev–Trinajstić information content (AvgIpc) is 3.33. The number of ether oxygens (including phenoxy) is 1. The van der Waals surface area contributed by atoms with Crippen LogP contribution in [0.15, 0.2) is 89.7 Å². The van der Waals surface area contributed by atoms with E-state index in [0.29, 0.717) is 36.4 Å². The molecule has 0 saturated heterocycles. The van der Waals surface area contributed by atoms with Crippen LogP contribution in [0.3, 0.4) is 0 Å². The van der Waals surface area contributed by atoms with E-state index in [1.54, 1.807) is 6.07 Å². The Balaban J connectivity index is 1.29. The largest absolute Gasteiger partial charge is 0.487 e. The minimum Gasteiger partial charge on any atom is -0.487 e. The summed E-state index contributed by atoms with van der Waals surface area (Å²) in [5.74, 6) is 1.18. The summed E-state index contributed by atoms with van der Waals surface area (Å²) in [7, 11) is 0. The van der Waals surface area contributed by atoms with E-state index in [1.165, 1.54) is 24.5 Å². The molecule has 3 N–H and O–H groups in total. The molecule has 0 aliphatic heterocycles. The van der Waals surface area contributed by atoms with Crippen LogP contribution in [0.1, 0.15) is 42.1 Å². The molecular formula is C30H32N2O3. The second-order valence-corrected chi connectivity index (χ2v) is 9.45. The smallest absolute Gasteiger partial charge is 0.248 e. The van der Waals surface area contributed by atoms with Crippen LogP contribution in [0.25, 0.3) is 10.9 Å². The molecular weight excluding hydrogens is 436 g/mol. The van der Waals surface area contributed by atoms with Crippen LogP contribution >= 0.6 is 0 Å². The summed E-state index contributed by atoms with van der Waals surface area (Å²) in [6.45, 7) is 0.870. The third kappa shape index (κ3) is 5.64. The molecule has 0 unspecified atom stereocenters. The lowest BCUT2D eigenvalue weighted by atomic mass is 9.94. The Labute approximate surface area is 205 Å². The van der Waals surface area contributed by atoms with Gasteiger partial charge in [0.2, 0.25) is 5.56 Å². The second-order valence-electron chi connectivity index (χ2n) is 9.45. The van der Waals surface area contributed by atoms with Gasteiger partial charge in [0.15, 0.2) is 0 Å². The van der Waals surface area contributed by atoms with Gasteiger partial charge in [-0.25, -0.2) is 0 Å². The van der Waals surface area contributed by atoms with Gasteiger partial charge in [-0.3, -0.25) is 4.79 Å². The number of aromatic amines is 1. The lowest BCUT2D eigenvalue weighted by molar-refractivity contribution is 0.167. The van der Waals surface area contributed by atoms with Gasteiger partial charge in [0.25, 0.3) is 0 Å². The van der Waals surface area contributed by atoms with Crippen LogP contribution < -0.4 is 15.6 Å². The van der Waals surface area contributed by atoms with Crippen LogP contribution in [-0.4, -0.2) is 22.7 Å². The Morgan fingerprint density at radius 1 is 0.914 bits per heavy atom. The van der Waals surface area contributed by atoms with E-state index in [0.717, 1.165) is 29.4 Å². The number of aliphatic hydroxyl groups is 1. The Morgan fingerprint density at radius 3 is 2.43 bits per heavy atom. The summed E-state index contributed by atoms with van der Waals surface area (Å²) < 4.78 is 6.04. The molecule has 5 heteroatoms. The number of aromatic nitrogens is 1. The zero-order valence-electron chi connectivity index (χ0n) is 19.8. The van der Waals surface area contributed by atoms with Gasteiger partial charge >= 0.3 is 0 Å². The highest BCUT2D eigenvalue weighted by Crippen LogP contribution is 2.32. The molecule has 1 saturated carbocycles. The lowest BCUT2D eigenvalue weighted by Gasteiger charge is -2.24. The first kappa shape index (κ1) is 23.3. The molecule has 3 aromatic carbocycles. The molecule has 180 valence electrons. The third-order valence-electron chi connectivity index (χ3n) is 7.06. The highest BCUT2D eigenvalue weighted by Gasteiger charge is 2.28. The molecule has 0 amide bonds. The summed E-state index contributed by atoms with van der Waals surface area (Å²) >= 11 is 0. The molecule has 0 spiro atoms. The van der Waals surface area contributed by atoms with E-state index < -0.39 is 6.10 Å². The first-order valence-corrected chi connectivity index (χ1v) is 12.5. The number of hydrogen-bond donors (Lipinski definition) is 3. The zero-order chi connectivity index (χ0) is 24.0. The van der Waals surface area contributed by atoms with Crippen molar-refractivity contribution in [3.8, 4) is 5.75 Å². The van der Waals surface area contributed by atoms with Crippen molar-refractivity contribution >= 4 is 10.9 Å². The number of H-pyrrole nitrogens is 1. The van der Waals surface area contributed by atoms with Gasteiger partial charge in [0.05, 0.1) is 11.6 Å². The first-order valence-electron chi connectivity index (χ1n) is 12.5. The Hall–Kier alpha value is -3.41. The highest BCUT2D eigenvalue weighted by atomic mass is 16.5. The predicted octanol–water partition coefficient (Wildman–Crippen LogP) is 5.14. The van der Waals surface area contributed by atoms with E-state index >= 15 is 0 Å². The fourth-order valence-electron chi connectivity index (χ4n) is 5.23. The van der Waals surface area contributed by atoms with E-state index in [2.05, 4.69) is 40.6 Å². The molecule has 1 fully saturated rings. The first-order chi connectivity index (χ1) is 17.2. The van der Waals surface area contributed by atoms with E-state index in [-0.39, 0.29) is 5.56 Å². The normalized spacial score (nSPS) is 18.5. The lowest BCUT2D eigenvalue weighted by Crippen LogP contribution is -2.36. The molecule has 1 aliphatic rings. The van der Waals surface area contributed by atoms with Crippen molar-refractivity contribution in [1.82, 2.24) is 10.3 Å². The molecule has 5 nitrogen and oxygen atoms in total. The number of benzene rings is 3. The van der Waals surface area contributed by atoms with Gasteiger partial charge in [-0.15, -0.1) is 0 Å². The Morgan fingerprint density at radius 2 is 1.66 bits per heavy atom. The van der Waals surface area contributed by atoms with Crippen molar-refractivity contribution < 1.29 is 9.84 Å². The fraction of sp³-hybridized carbons (Fsp3) is 0.300. The standard InChI is InChI=1S/C30H32N2O3/c33-27(19-31-26-13-7-12-23(26)18-21-8-3-1-4-9-21)24-14-16-28(30-25(24)15-17-29(34)32-30)35-20-22-10-5-2-6-11-22/h1-6,8-11,14-17,23,26-27,31,33H,7,12-13,18-20H2,(H,32,34)/t23-,26-,27+/m1/s1. The van der Waals surface area contributed by atoms with Crippen LogP contribution in [0.2, 0.25) is 0 Å². The SMILES string of the molecule is O=c1ccc2c([C@@H](O)CN[C@@H]3CCC[C@@H]3Cc3ccccc3)ccc(OCc3ccccc3)c2[nH]1. The van der Waals surface area contributed by atoms with Crippen molar-refractivity contribution in [2.24, 2.45) is 5.92 Å². The monoisotopic (exact) mass is 468 g/mol. The van der Waals surface area contributed by atoms with Gasteiger partial charge in [-0.2, -0.15) is 0 Å². The molecule has 35 heavy (non-hydrogen) atoms. The van der Waals surface area contributed by atoms with Gasteiger partial charge in [0.1, 0.15) is 12.4 Å².